The number of piperidine rings is 1. The summed E-state index contributed by atoms with van der Waals surface area (Å²) in [5, 5.41) is 3.10. The lowest BCUT2D eigenvalue weighted by Crippen LogP contribution is -2.49. The zero-order valence-electron chi connectivity index (χ0n) is 14.1. The van der Waals surface area contributed by atoms with Crippen molar-refractivity contribution in [3.8, 4) is 0 Å². The number of carbonyl (C=O) groups is 1. The molecule has 23 heavy (non-hydrogen) atoms. The molecule has 3 N–H and O–H groups in total. The lowest BCUT2D eigenvalue weighted by atomic mass is 10.00. The second kappa shape index (κ2) is 9.85. The van der Waals surface area contributed by atoms with Crippen LogP contribution in [0, 0.1) is 0 Å². The highest BCUT2D eigenvalue weighted by Gasteiger charge is 2.25. The lowest BCUT2D eigenvalue weighted by molar-refractivity contribution is -0.123. The maximum Gasteiger partial charge on any atom is 0.237 e. The van der Waals surface area contributed by atoms with Crippen molar-refractivity contribution in [3.63, 3.8) is 0 Å². The molecule has 5 nitrogen and oxygen atoms in total. The topological polar surface area (TPSA) is 71.2 Å². The first-order valence-electron chi connectivity index (χ1n) is 8.31. The Kier molecular flexibility index (Phi) is 8.52. The van der Waals surface area contributed by atoms with Gasteiger partial charge in [0.2, 0.25) is 5.91 Å². The molecule has 130 valence electrons. The molecule has 0 spiro atoms. The standard InChI is InChI=1S/C17H28N4O.ClH/c1-3-4-16(18)17(22)20-15-7-11-21(12-8-15)13(2)14-5-9-19-10-6-14;/h5-6,9-10,13,15-16H,3-4,7-8,11-12,18H2,1-2H3,(H,20,22);1H. The van der Waals surface area contributed by atoms with Gasteiger partial charge in [-0.25, -0.2) is 0 Å². The zero-order valence-corrected chi connectivity index (χ0v) is 14.9. The Morgan fingerprint density at radius 1 is 1.39 bits per heavy atom. The summed E-state index contributed by atoms with van der Waals surface area (Å²) >= 11 is 0. The van der Waals surface area contributed by atoms with E-state index in [-0.39, 0.29) is 30.4 Å². The third-order valence-electron chi connectivity index (χ3n) is 4.55. The fraction of sp³-hybridized carbons (Fsp3) is 0.647. The Hall–Kier alpha value is -1.17. The Labute approximate surface area is 145 Å². The minimum absolute atomic E-state index is 0. The molecule has 0 aliphatic carbocycles. The number of nitrogens with two attached hydrogens (primary N) is 1. The van der Waals surface area contributed by atoms with Crippen LogP contribution in [-0.2, 0) is 4.79 Å². The van der Waals surface area contributed by atoms with Gasteiger partial charge < -0.3 is 11.1 Å². The van der Waals surface area contributed by atoms with Gasteiger partial charge in [0.15, 0.2) is 0 Å². The van der Waals surface area contributed by atoms with Gasteiger partial charge in [0.1, 0.15) is 0 Å². The molecule has 1 fully saturated rings. The van der Waals surface area contributed by atoms with Gasteiger partial charge in [0, 0.05) is 37.6 Å². The van der Waals surface area contributed by atoms with Crippen LogP contribution < -0.4 is 11.1 Å². The third-order valence-corrected chi connectivity index (χ3v) is 4.55. The Morgan fingerprint density at radius 3 is 2.57 bits per heavy atom. The van der Waals surface area contributed by atoms with E-state index in [0.717, 1.165) is 38.8 Å². The molecule has 1 aromatic heterocycles. The average molecular weight is 341 g/mol. The Morgan fingerprint density at radius 2 is 2.00 bits per heavy atom. The normalized spacial score (nSPS) is 18.7. The summed E-state index contributed by atoms with van der Waals surface area (Å²) in [6, 6.07) is 4.43. The predicted molar refractivity (Wildman–Crippen MR) is 95.5 cm³/mol. The van der Waals surface area contributed by atoms with Gasteiger partial charge in [0.25, 0.3) is 0 Å². The predicted octanol–water partition coefficient (Wildman–Crippen LogP) is 2.27. The van der Waals surface area contributed by atoms with Crippen LogP contribution >= 0.6 is 12.4 Å². The minimum Gasteiger partial charge on any atom is -0.352 e. The number of pyridine rings is 1. The number of likely N-dealkylation sites (tertiary alicyclic amines) is 1. The smallest absolute Gasteiger partial charge is 0.237 e. The van der Waals surface area contributed by atoms with Gasteiger partial charge in [-0.05, 0) is 43.9 Å². The fourth-order valence-corrected chi connectivity index (χ4v) is 3.03. The number of nitrogens with one attached hydrogen (secondary N) is 1. The van der Waals surface area contributed by atoms with E-state index in [9.17, 15) is 4.79 Å². The van der Waals surface area contributed by atoms with Gasteiger partial charge in [-0.3, -0.25) is 14.7 Å². The number of aromatic nitrogens is 1. The molecule has 0 saturated carbocycles. The van der Waals surface area contributed by atoms with Crippen molar-refractivity contribution in [1.82, 2.24) is 15.2 Å². The van der Waals surface area contributed by atoms with E-state index >= 15 is 0 Å². The summed E-state index contributed by atoms with van der Waals surface area (Å²) in [4.78, 5) is 18.5. The largest absolute Gasteiger partial charge is 0.352 e. The number of halogens is 1. The van der Waals surface area contributed by atoms with Gasteiger partial charge >= 0.3 is 0 Å². The van der Waals surface area contributed by atoms with E-state index in [4.69, 9.17) is 5.73 Å². The summed E-state index contributed by atoms with van der Waals surface area (Å²) in [5.74, 6) is 0.00230. The van der Waals surface area contributed by atoms with Crippen LogP contribution in [0.25, 0.3) is 0 Å². The van der Waals surface area contributed by atoms with E-state index in [2.05, 4.69) is 34.3 Å². The highest BCUT2D eigenvalue weighted by Crippen LogP contribution is 2.23. The monoisotopic (exact) mass is 340 g/mol. The second-order valence-electron chi connectivity index (χ2n) is 6.17. The van der Waals surface area contributed by atoms with Crippen molar-refractivity contribution < 1.29 is 4.79 Å². The maximum absolute atomic E-state index is 12.0. The number of nitrogens with zero attached hydrogens (tertiary/aromatic N) is 2. The molecule has 6 heteroatoms. The summed E-state index contributed by atoms with van der Waals surface area (Å²) in [7, 11) is 0. The molecule has 1 aliphatic rings. The fourth-order valence-electron chi connectivity index (χ4n) is 3.03. The van der Waals surface area contributed by atoms with E-state index in [1.54, 1.807) is 0 Å². The molecular formula is C17H29ClN4O. The molecule has 1 aromatic rings. The zero-order chi connectivity index (χ0) is 15.9. The molecule has 2 unspecified atom stereocenters. The van der Waals surface area contributed by atoms with Crippen LogP contribution in [0.15, 0.2) is 24.5 Å². The van der Waals surface area contributed by atoms with Crippen LogP contribution in [0.2, 0.25) is 0 Å². The molecule has 0 aromatic carbocycles. The Bertz CT molecular complexity index is 463. The highest BCUT2D eigenvalue weighted by atomic mass is 35.5. The van der Waals surface area contributed by atoms with Gasteiger partial charge in [0.05, 0.1) is 6.04 Å². The van der Waals surface area contributed by atoms with Crippen LogP contribution in [-0.4, -0.2) is 41.0 Å². The molecule has 1 amide bonds. The lowest BCUT2D eigenvalue weighted by Gasteiger charge is -2.36. The van der Waals surface area contributed by atoms with Crippen LogP contribution in [0.1, 0.15) is 51.1 Å². The molecule has 1 saturated heterocycles. The molecule has 1 aliphatic heterocycles. The van der Waals surface area contributed by atoms with Crippen LogP contribution in [0.3, 0.4) is 0 Å². The number of carbonyl (C=O) groups excluding carboxylic acids is 1. The summed E-state index contributed by atoms with van der Waals surface area (Å²) < 4.78 is 0. The van der Waals surface area contributed by atoms with Gasteiger partial charge in [-0.1, -0.05) is 13.3 Å². The van der Waals surface area contributed by atoms with E-state index in [1.807, 2.05) is 19.3 Å². The Balaban J connectivity index is 0.00000264. The SMILES string of the molecule is CCCC(N)C(=O)NC1CCN(C(C)c2ccncc2)CC1.Cl. The third kappa shape index (κ3) is 5.75. The molecular weight excluding hydrogens is 312 g/mol. The molecule has 0 radical (unpaired) electrons. The molecule has 0 bridgehead atoms. The number of rotatable bonds is 6. The number of amides is 1. The van der Waals surface area contributed by atoms with Crippen molar-refractivity contribution in [2.24, 2.45) is 5.73 Å². The second-order valence-corrected chi connectivity index (χ2v) is 6.17. The van der Waals surface area contributed by atoms with Crippen molar-refractivity contribution >= 4 is 18.3 Å². The minimum atomic E-state index is -0.362. The first kappa shape index (κ1) is 19.9. The van der Waals surface area contributed by atoms with Crippen molar-refractivity contribution in [2.45, 2.75) is 57.7 Å². The van der Waals surface area contributed by atoms with E-state index in [0.29, 0.717) is 6.04 Å². The molecule has 2 rings (SSSR count). The molecule has 2 heterocycles. The van der Waals surface area contributed by atoms with E-state index < -0.39 is 0 Å². The number of hydrogen-bond acceptors (Lipinski definition) is 4. The number of hydrogen-bond donors (Lipinski definition) is 2. The summed E-state index contributed by atoms with van der Waals surface area (Å²) in [6.45, 7) is 6.27. The first-order chi connectivity index (χ1) is 10.6. The van der Waals surface area contributed by atoms with E-state index in [1.165, 1.54) is 5.56 Å². The van der Waals surface area contributed by atoms with Crippen LogP contribution in [0.5, 0.6) is 0 Å². The first-order valence-corrected chi connectivity index (χ1v) is 8.31. The van der Waals surface area contributed by atoms with Gasteiger partial charge in [-0.15, -0.1) is 12.4 Å². The van der Waals surface area contributed by atoms with Crippen LogP contribution in [0.4, 0.5) is 0 Å². The molecule has 2 atom stereocenters. The highest BCUT2D eigenvalue weighted by molar-refractivity contribution is 5.85. The summed E-state index contributed by atoms with van der Waals surface area (Å²) in [5.41, 5.74) is 7.16. The average Bonchev–Trinajstić information content (AvgIpc) is 2.56. The quantitative estimate of drug-likeness (QED) is 0.833. The van der Waals surface area contributed by atoms with Crippen molar-refractivity contribution in [3.05, 3.63) is 30.1 Å². The summed E-state index contributed by atoms with van der Waals surface area (Å²) in [6.07, 6.45) is 7.35. The van der Waals surface area contributed by atoms with Gasteiger partial charge in [-0.2, -0.15) is 0 Å². The van der Waals surface area contributed by atoms with Crippen molar-refractivity contribution in [2.75, 3.05) is 13.1 Å². The van der Waals surface area contributed by atoms with Crippen molar-refractivity contribution in [1.29, 1.82) is 0 Å². The maximum atomic E-state index is 12.0.